The van der Waals surface area contributed by atoms with Crippen molar-refractivity contribution < 1.29 is 9.47 Å². The van der Waals surface area contributed by atoms with Crippen LogP contribution in [0.5, 0.6) is 11.5 Å². The molecule has 0 fully saturated rings. The van der Waals surface area contributed by atoms with Gasteiger partial charge in [0.25, 0.3) is 0 Å². The molecule has 2 atom stereocenters. The Bertz CT molecular complexity index is 1150. The van der Waals surface area contributed by atoms with Gasteiger partial charge in [0, 0.05) is 27.0 Å². The molecular formula is C24H19BrCl2N2O2. The van der Waals surface area contributed by atoms with E-state index in [1.165, 1.54) is 0 Å². The van der Waals surface area contributed by atoms with E-state index < -0.39 is 6.23 Å². The lowest BCUT2D eigenvalue weighted by molar-refractivity contribution is -0.0189. The monoisotopic (exact) mass is 516 g/mol. The molecule has 5 rings (SSSR count). The van der Waals surface area contributed by atoms with Crippen LogP contribution in [0.15, 0.2) is 70.2 Å². The second kappa shape index (κ2) is 8.38. The Morgan fingerprint density at radius 1 is 1.10 bits per heavy atom. The van der Waals surface area contributed by atoms with Crippen LogP contribution < -0.4 is 9.47 Å². The van der Waals surface area contributed by atoms with Crippen LogP contribution in [0.3, 0.4) is 0 Å². The number of nitrogens with zero attached hydrogens (tertiary/aromatic N) is 2. The molecule has 0 saturated heterocycles. The van der Waals surface area contributed by atoms with Crippen molar-refractivity contribution >= 4 is 44.8 Å². The molecule has 2 aliphatic heterocycles. The van der Waals surface area contributed by atoms with Gasteiger partial charge in [-0.05, 0) is 61.0 Å². The maximum absolute atomic E-state index is 6.54. The van der Waals surface area contributed by atoms with Crippen LogP contribution in [0.4, 0.5) is 0 Å². The molecule has 31 heavy (non-hydrogen) atoms. The third-order valence-electron chi connectivity index (χ3n) is 5.46. The quantitative estimate of drug-likeness (QED) is 0.361. The highest BCUT2D eigenvalue weighted by Gasteiger charge is 2.42. The van der Waals surface area contributed by atoms with Gasteiger partial charge in [-0.25, -0.2) is 5.01 Å². The van der Waals surface area contributed by atoms with Gasteiger partial charge in [0.2, 0.25) is 6.23 Å². The molecule has 0 aliphatic carbocycles. The molecule has 0 amide bonds. The molecule has 4 nitrogen and oxygen atoms in total. The predicted octanol–water partition coefficient (Wildman–Crippen LogP) is 7.40. The number of benzene rings is 3. The van der Waals surface area contributed by atoms with E-state index in [0.717, 1.165) is 39.0 Å². The standard InChI is InChI=1S/C24H19BrCl2N2O2/c1-2-30-18-9-5-15(6-10-18)24-29-22(19-11-17(26)12-20(27)23(19)31-24)13-21(28-29)14-3-7-16(25)8-4-14/h3-12,22,24H,2,13H2,1H3. The Hall–Kier alpha value is -2.21. The minimum Gasteiger partial charge on any atom is -0.494 e. The molecule has 0 radical (unpaired) electrons. The van der Waals surface area contributed by atoms with Gasteiger partial charge in [0.1, 0.15) is 11.5 Å². The SMILES string of the molecule is CCOc1ccc(C2Oc3c(Cl)cc(Cl)cc3C3CC(c4ccc(Br)cc4)=NN32)cc1. The molecule has 2 heterocycles. The van der Waals surface area contributed by atoms with E-state index >= 15 is 0 Å². The van der Waals surface area contributed by atoms with Gasteiger partial charge in [0.05, 0.1) is 23.4 Å². The maximum atomic E-state index is 6.54. The summed E-state index contributed by atoms with van der Waals surface area (Å²) in [7, 11) is 0. The highest BCUT2D eigenvalue weighted by atomic mass is 79.9. The third-order valence-corrected chi connectivity index (χ3v) is 6.49. The lowest BCUT2D eigenvalue weighted by Crippen LogP contribution is -2.33. The summed E-state index contributed by atoms with van der Waals surface area (Å²) in [6, 6.07) is 19.7. The van der Waals surface area contributed by atoms with E-state index in [1.54, 1.807) is 6.07 Å². The largest absolute Gasteiger partial charge is 0.494 e. The second-order valence-corrected chi connectivity index (χ2v) is 9.19. The van der Waals surface area contributed by atoms with Crippen LogP contribution in [-0.4, -0.2) is 17.3 Å². The van der Waals surface area contributed by atoms with E-state index in [2.05, 4.69) is 28.1 Å². The molecular weight excluding hydrogens is 499 g/mol. The molecule has 0 saturated carbocycles. The van der Waals surface area contributed by atoms with Crippen LogP contribution in [0.2, 0.25) is 10.0 Å². The Labute approximate surface area is 199 Å². The van der Waals surface area contributed by atoms with Gasteiger partial charge in [-0.1, -0.05) is 51.3 Å². The molecule has 2 unspecified atom stereocenters. The number of fused-ring (bicyclic) bond motifs is 3. The molecule has 7 heteroatoms. The zero-order valence-electron chi connectivity index (χ0n) is 16.7. The lowest BCUT2D eigenvalue weighted by Gasteiger charge is -2.38. The average molecular weight is 518 g/mol. The second-order valence-electron chi connectivity index (χ2n) is 7.43. The summed E-state index contributed by atoms with van der Waals surface area (Å²) in [4.78, 5) is 0. The Morgan fingerprint density at radius 2 is 1.84 bits per heavy atom. The number of hydrogen-bond donors (Lipinski definition) is 0. The van der Waals surface area contributed by atoms with Crippen molar-refractivity contribution in [2.24, 2.45) is 5.10 Å². The number of hydrogen-bond acceptors (Lipinski definition) is 4. The van der Waals surface area contributed by atoms with Crippen LogP contribution in [-0.2, 0) is 0 Å². The Kier molecular flexibility index (Phi) is 5.59. The first-order valence-corrected chi connectivity index (χ1v) is 11.6. The molecule has 3 aromatic carbocycles. The molecule has 158 valence electrons. The fourth-order valence-electron chi connectivity index (χ4n) is 4.05. The van der Waals surface area contributed by atoms with Crippen molar-refractivity contribution in [2.45, 2.75) is 25.6 Å². The number of ether oxygens (including phenoxy) is 2. The summed E-state index contributed by atoms with van der Waals surface area (Å²) in [6.07, 6.45) is 0.335. The van der Waals surface area contributed by atoms with Crippen LogP contribution in [0, 0.1) is 0 Å². The lowest BCUT2D eigenvalue weighted by atomic mass is 9.96. The summed E-state index contributed by atoms with van der Waals surface area (Å²) >= 11 is 16.4. The summed E-state index contributed by atoms with van der Waals surface area (Å²) in [5.74, 6) is 1.49. The summed E-state index contributed by atoms with van der Waals surface area (Å²) < 4.78 is 13.0. The van der Waals surface area contributed by atoms with Crippen LogP contribution in [0.1, 0.15) is 42.3 Å². The number of hydrazone groups is 1. The topological polar surface area (TPSA) is 34.1 Å². The van der Waals surface area contributed by atoms with Gasteiger partial charge >= 0.3 is 0 Å². The first-order valence-electron chi connectivity index (χ1n) is 10.0. The van der Waals surface area contributed by atoms with Crippen molar-refractivity contribution in [2.75, 3.05) is 6.61 Å². The summed E-state index contributed by atoms with van der Waals surface area (Å²) in [6.45, 7) is 2.59. The van der Waals surface area contributed by atoms with Gasteiger partial charge < -0.3 is 9.47 Å². The first kappa shape index (κ1) is 20.7. The Morgan fingerprint density at radius 3 is 2.55 bits per heavy atom. The fraction of sp³-hybridized carbons (Fsp3) is 0.208. The van der Waals surface area contributed by atoms with Crippen molar-refractivity contribution in [3.05, 3.63) is 91.9 Å². The third kappa shape index (κ3) is 3.91. The molecule has 0 spiro atoms. The van der Waals surface area contributed by atoms with E-state index in [9.17, 15) is 0 Å². The van der Waals surface area contributed by atoms with Gasteiger partial charge in [-0.3, -0.25) is 0 Å². The van der Waals surface area contributed by atoms with E-state index in [-0.39, 0.29) is 6.04 Å². The predicted molar refractivity (Wildman–Crippen MR) is 127 cm³/mol. The van der Waals surface area contributed by atoms with Crippen molar-refractivity contribution in [3.63, 3.8) is 0 Å². The Balaban J connectivity index is 1.58. The van der Waals surface area contributed by atoms with E-state index in [4.69, 9.17) is 37.8 Å². The molecule has 3 aromatic rings. The first-order chi connectivity index (χ1) is 15.0. The average Bonchev–Trinajstić information content (AvgIpc) is 3.20. The minimum absolute atomic E-state index is 0.0184. The zero-order valence-corrected chi connectivity index (χ0v) is 19.8. The molecule has 0 N–H and O–H groups in total. The van der Waals surface area contributed by atoms with Crippen molar-refractivity contribution in [3.8, 4) is 11.5 Å². The fourth-order valence-corrected chi connectivity index (χ4v) is 4.86. The van der Waals surface area contributed by atoms with E-state index in [1.807, 2.05) is 54.4 Å². The van der Waals surface area contributed by atoms with Crippen molar-refractivity contribution in [1.82, 2.24) is 5.01 Å². The van der Waals surface area contributed by atoms with Crippen LogP contribution in [0.25, 0.3) is 0 Å². The van der Waals surface area contributed by atoms with E-state index in [0.29, 0.717) is 22.4 Å². The minimum atomic E-state index is -0.403. The zero-order chi connectivity index (χ0) is 21.5. The highest BCUT2D eigenvalue weighted by Crippen LogP contribution is 2.50. The summed E-state index contributed by atoms with van der Waals surface area (Å²) in [5.41, 5.74) is 4.01. The highest BCUT2D eigenvalue weighted by molar-refractivity contribution is 9.10. The number of halogens is 3. The van der Waals surface area contributed by atoms with Gasteiger partial charge in [0.15, 0.2) is 0 Å². The molecule has 0 aromatic heterocycles. The smallest absolute Gasteiger partial charge is 0.213 e. The summed E-state index contributed by atoms with van der Waals surface area (Å²) in [5, 5.41) is 8.09. The van der Waals surface area contributed by atoms with Gasteiger partial charge in [-0.2, -0.15) is 5.10 Å². The van der Waals surface area contributed by atoms with Crippen molar-refractivity contribution in [1.29, 1.82) is 0 Å². The normalized spacial score (nSPS) is 19.4. The number of rotatable bonds is 4. The van der Waals surface area contributed by atoms with Crippen LogP contribution >= 0.6 is 39.1 Å². The molecule has 0 bridgehead atoms. The maximum Gasteiger partial charge on any atom is 0.213 e. The van der Waals surface area contributed by atoms with Gasteiger partial charge in [-0.15, -0.1) is 0 Å². The molecule has 2 aliphatic rings.